The van der Waals surface area contributed by atoms with Crippen molar-refractivity contribution < 1.29 is 4.92 Å². The first-order valence-electron chi connectivity index (χ1n) is 6.24. The Labute approximate surface area is 110 Å². The van der Waals surface area contributed by atoms with Crippen LogP contribution in [-0.2, 0) is 0 Å². The lowest BCUT2D eigenvalue weighted by Gasteiger charge is -2.35. The molecule has 0 radical (unpaired) electrons. The molecule has 0 aromatic carbocycles. The molecule has 0 aliphatic heterocycles. The van der Waals surface area contributed by atoms with Crippen LogP contribution in [0.15, 0.2) is 6.20 Å². The van der Waals surface area contributed by atoms with Gasteiger partial charge in [0.2, 0.25) is 0 Å². The molecule has 7 heteroatoms. The molecular formula is C11H18N4O2S. The molecule has 0 atom stereocenters. The first-order valence-corrected chi connectivity index (χ1v) is 7.06. The second-order valence-corrected chi connectivity index (χ2v) is 5.58. The maximum atomic E-state index is 10.7. The summed E-state index contributed by atoms with van der Waals surface area (Å²) < 4.78 is 0. The molecule has 1 aliphatic carbocycles. The molecule has 1 heterocycles. The van der Waals surface area contributed by atoms with Crippen molar-refractivity contribution in [1.82, 2.24) is 4.98 Å². The van der Waals surface area contributed by atoms with Gasteiger partial charge in [0.1, 0.15) is 6.20 Å². The van der Waals surface area contributed by atoms with E-state index in [1.54, 1.807) is 0 Å². The Kier molecular flexibility index (Phi) is 4.13. The fourth-order valence-electron chi connectivity index (χ4n) is 2.44. The highest BCUT2D eigenvalue weighted by molar-refractivity contribution is 7.18. The average molecular weight is 270 g/mol. The molecule has 1 aliphatic rings. The summed E-state index contributed by atoms with van der Waals surface area (Å²) in [4.78, 5) is 16.6. The van der Waals surface area contributed by atoms with Gasteiger partial charge in [-0.25, -0.2) is 4.98 Å². The van der Waals surface area contributed by atoms with Crippen LogP contribution in [0.3, 0.4) is 0 Å². The summed E-state index contributed by atoms with van der Waals surface area (Å²) in [5.74, 6) is 0. The van der Waals surface area contributed by atoms with E-state index >= 15 is 0 Å². The SMILES string of the molecule is CCN(c1ncc([N+](=O)[O-])s1)C1CCC(N)CC1. The normalized spacial score (nSPS) is 23.9. The summed E-state index contributed by atoms with van der Waals surface area (Å²) in [6.07, 6.45) is 5.48. The zero-order valence-corrected chi connectivity index (χ0v) is 11.2. The Morgan fingerprint density at radius 2 is 2.22 bits per heavy atom. The van der Waals surface area contributed by atoms with Crippen LogP contribution in [-0.4, -0.2) is 28.5 Å². The number of hydrogen-bond donors (Lipinski definition) is 1. The molecule has 100 valence electrons. The van der Waals surface area contributed by atoms with Gasteiger partial charge in [0, 0.05) is 18.6 Å². The van der Waals surface area contributed by atoms with E-state index in [0.29, 0.717) is 12.1 Å². The van der Waals surface area contributed by atoms with Gasteiger partial charge in [-0.05, 0) is 43.9 Å². The van der Waals surface area contributed by atoms with E-state index in [2.05, 4.69) is 16.8 Å². The van der Waals surface area contributed by atoms with Crippen molar-refractivity contribution in [1.29, 1.82) is 0 Å². The Bertz CT molecular complexity index is 415. The Balaban J connectivity index is 2.09. The minimum absolute atomic E-state index is 0.107. The summed E-state index contributed by atoms with van der Waals surface area (Å²) >= 11 is 1.15. The number of hydrogen-bond acceptors (Lipinski definition) is 6. The summed E-state index contributed by atoms with van der Waals surface area (Å²) in [5, 5.41) is 11.5. The van der Waals surface area contributed by atoms with Gasteiger partial charge in [-0.3, -0.25) is 10.1 Å². The average Bonchev–Trinajstić information content (AvgIpc) is 2.82. The molecule has 0 spiro atoms. The van der Waals surface area contributed by atoms with Crippen LogP contribution in [0.25, 0.3) is 0 Å². The molecule has 6 nitrogen and oxygen atoms in total. The topological polar surface area (TPSA) is 85.3 Å². The number of thiazole rings is 1. The van der Waals surface area contributed by atoms with Crippen molar-refractivity contribution in [2.45, 2.75) is 44.7 Å². The third-order valence-electron chi connectivity index (χ3n) is 3.43. The van der Waals surface area contributed by atoms with E-state index in [4.69, 9.17) is 5.73 Å². The standard InChI is InChI=1S/C11H18N4O2S/c1-2-14(9-5-3-8(12)4-6-9)11-13-7-10(18-11)15(16)17/h7-9H,2-6,12H2,1H3. The van der Waals surface area contributed by atoms with Crippen LogP contribution in [0, 0.1) is 10.1 Å². The number of anilines is 1. The van der Waals surface area contributed by atoms with Crippen LogP contribution in [0.2, 0.25) is 0 Å². The molecule has 0 saturated heterocycles. The van der Waals surface area contributed by atoms with Crippen molar-refractivity contribution in [3.63, 3.8) is 0 Å². The van der Waals surface area contributed by atoms with Crippen molar-refractivity contribution in [3.8, 4) is 0 Å². The summed E-state index contributed by atoms with van der Waals surface area (Å²) in [7, 11) is 0. The molecule has 1 aromatic heterocycles. The number of nitrogens with two attached hydrogens (primary N) is 1. The predicted molar refractivity (Wildman–Crippen MR) is 72.0 cm³/mol. The lowest BCUT2D eigenvalue weighted by Crippen LogP contribution is -2.40. The van der Waals surface area contributed by atoms with Gasteiger partial charge in [-0.15, -0.1) is 0 Å². The van der Waals surface area contributed by atoms with E-state index in [1.165, 1.54) is 6.20 Å². The molecule has 2 rings (SSSR count). The van der Waals surface area contributed by atoms with Gasteiger partial charge in [0.25, 0.3) is 0 Å². The van der Waals surface area contributed by atoms with Gasteiger partial charge in [-0.1, -0.05) is 0 Å². The van der Waals surface area contributed by atoms with E-state index in [1.807, 2.05) is 0 Å². The molecule has 1 saturated carbocycles. The van der Waals surface area contributed by atoms with E-state index in [9.17, 15) is 10.1 Å². The van der Waals surface area contributed by atoms with Crippen molar-refractivity contribution >= 4 is 21.5 Å². The summed E-state index contributed by atoms with van der Waals surface area (Å²) in [6.45, 7) is 2.88. The quantitative estimate of drug-likeness (QED) is 0.669. The zero-order valence-electron chi connectivity index (χ0n) is 10.4. The van der Waals surface area contributed by atoms with E-state index < -0.39 is 0 Å². The van der Waals surface area contributed by atoms with E-state index in [0.717, 1.165) is 48.7 Å². The highest BCUT2D eigenvalue weighted by Gasteiger charge is 2.26. The lowest BCUT2D eigenvalue weighted by molar-refractivity contribution is -0.380. The third kappa shape index (κ3) is 2.78. The van der Waals surface area contributed by atoms with Crippen molar-refractivity contribution in [3.05, 3.63) is 16.3 Å². The van der Waals surface area contributed by atoms with E-state index in [-0.39, 0.29) is 9.92 Å². The molecule has 1 aromatic rings. The first-order chi connectivity index (χ1) is 8.61. The summed E-state index contributed by atoms with van der Waals surface area (Å²) in [6, 6.07) is 0.728. The predicted octanol–water partition coefficient (Wildman–Crippen LogP) is 2.15. The van der Waals surface area contributed by atoms with Gasteiger partial charge in [0.15, 0.2) is 5.13 Å². The van der Waals surface area contributed by atoms with Gasteiger partial charge < -0.3 is 10.6 Å². The smallest absolute Gasteiger partial charge is 0.345 e. The molecular weight excluding hydrogens is 252 g/mol. The molecule has 0 unspecified atom stereocenters. The Morgan fingerprint density at radius 3 is 2.72 bits per heavy atom. The maximum absolute atomic E-state index is 10.7. The van der Waals surface area contributed by atoms with Crippen molar-refractivity contribution in [2.24, 2.45) is 5.73 Å². The minimum Gasteiger partial charge on any atom is -0.345 e. The highest BCUT2D eigenvalue weighted by atomic mass is 32.1. The number of nitrogens with zero attached hydrogens (tertiary/aromatic N) is 3. The second kappa shape index (κ2) is 5.62. The molecule has 0 amide bonds. The van der Waals surface area contributed by atoms with Crippen molar-refractivity contribution in [2.75, 3.05) is 11.4 Å². The van der Waals surface area contributed by atoms with Crippen LogP contribution in [0.4, 0.5) is 10.1 Å². The fourth-order valence-corrected chi connectivity index (χ4v) is 3.30. The summed E-state index contributed by atoms with van der Waals surface area (Å²) in [5.41, 5.74) is 5.90. The minimum atomic E-state index is -0.383. The van der Waals surface area contributed by atoms with Crippen LogP contribution in [0.5, 0.6) is 0 Å². The largest absolute Gasteiger partial charge is 0.345 e. The number of nitro groups is 1. The second-order valence-electron chi connectivity index (χ2n) is 4.59. The third-order valence-corrected chi connectivity index (χ3v) is 4.42. The Hall–Kier alpha value is -1.21. The van der Waals surface area contributed by atoms with Gasteiger partial charge in [0.05, 0.1) is 4.92 Å². The maximum Gasteiger partial charge on any atom is 0.345 e. The molecule has 18 heavy (non-hydrogen) atoms. The molecule has 2 N–H and O–H groups in total. The number of rotatable bonds is 4. The Morgan fingerprint density at radius 1 is 1.56 bits per heavy atom. The van der Waals surface area contributed by atoms with Crippen LogP contribution in [0.1, 0.15) is 32.6 Å². The van der Waals surface area contributed by atoms with Crippen LogP contribution >= 0.6 is 11.3 Å². The number of aromatic nitrogens is 1. The zero-order chi connectivity index (χ0) is 13.1. The lowest BCUT2D eigenvalue weighted by atomic mass is 9.91. The first kappa shape index (κ1) is 13.2. The van der Waals surface area contributed by atoms with Crippen LogP contribution < -0.4 is 10.6 Å². The highest BCUT2D eigenvalue weighted by Crippen LogP contribution is 2.32. The molecule has 1 fully saturated rings. The van der Waals surface area contributed by atoms with Gasteiger partial charge in [-0.2, -0.15) is 0 Å². The molecule has 0 bridgehead atoms. The van der Waals surface area contributed by atoms with Gasteiger partial charge >= 0.3 is 5.00 Å². The monoisotopic (exact) mass is 270 g/mol. The fraction of sp³-hybridized carbons (Fsp3) is 0.727.